The zero-order valence-corrected chi connectivity index (χ0v) is 18.1. The minimum atomic E-state index is -5.97. The van der Waals surface area contributed by atoms with Crippen LogP contribution in [0.5, 0.6) is 11.5 Å². The molecule has 0 unspecified atom stereocenters. The molecule has 0 bridgehead atoms. The number of hydrogen-bond donors (Lipinski definition) is 0. The van der Waals surface area contributed by atoms with Gasteiger partial charge in [-0.15, -0.1) is 0 Å². The number of benzene rings is 2. The van der Waals surface area contributed by atoms with Crippen LogP contribution in [-0.4, -0.2) is 30.5 Å². The van der Waals surface area contributed by atoms with E-state index in [1.807, 2.05) is 0 Å². The van der Waals surface area contributed by atoms with Gasteiger partial charge in [-0.05, 0) is 42.3 Å². The molecule has 36 heavy (non-hydrogen) atoms. The lowest BCUT2D eigenvalue weighted by Crippen LogP contribution is -2.54. The monoisotopic (exact) mass is 526 g/mol. The quantitative estimate of drug-likeness (QED) is 0.184. The molecule has 0 aliphatic heterocycles. The predicted molar refractivity (Wildman–Crippen MR) is 107 cm³/mol. The van der Waals surface area contributed by atoms with E-state index >= 15 is 0 Å². The van der Waals surface area contributed by atoms with Crippen LogP contribution < -0.4 is 9.47 Å². The average Bonchev–Trinajstić information content (AvgIpc) is 2.73. The highest BCUT2D eigenvalue weighted by Gasteiger charge is 2.72. The van der Waals surface area contributed by atoms with Crippen LogP contribution in [-0.2, 0) is 15.0 Å². The Balaban J connectivity index is 2.57. The van der Waals surface area contributed by atoms with Gasteiger partial charge >= 0.3 is 30.5 Å². The highest BCUT2D eigenvalue weighted by atomic mass is 19.4. The topological polar surface area (TPSA) is 52.6 Å². The second kappa shape index (κ2) is 9.70. The molecule has 0 heterocycles. The van der Waals surface area contributed by atoms with E-state index in [4.69, 9.17) is 4.74 Å². The van der Waals surface area contributed by atoms with Gasteiger partial charge in [0.15, 0.2) is 0 Å². The fourth-order valence-electron chi connectivity index (χ4n) is 3.01. The van der Waals surface area contributed by atoms with Gasteiger partial charge in [-0.2, -0.15) is 39.5 Å². The zero-order valence-electron chi connectivity index (χ0n) is 18.1. The van der Waals surface area contributed by atoms with Gasteiger partial charge in [0.05, 0.1) is 0 Å². The van der Waals surface area contributed by atoms with Crippen molar-refractivity contribution in [3.05, 3.63) is 84.0 Å². The van der Waals surface area contributed by atoms with Gasteiger partial charge in [-0.25, -0.2) is 9.59 Å². The summed E-state index contributed by atoms with van der Waals surface area (Å²) in [5, 5.41) is 0. The van der Waals surface area contributed by atoms with E-state index in [1.54, 1.807) is 0 Å². The van der Waals surface area contributed by atoms with E-state index in [2.05, 4.69) is 17.9 Å². The van der Waals surface area contributed by atoms with Crippen LogP contribution in [0.4, 0.5) is 39.5 Å². The van der Waals surface area contributed by atoms with Crippen molar-refractivity contribution in [3.8, 4) is 11.5 Å². The Bertz CT molecular complexity index is 1140. The number of halogens is 9. The summed E-state index contributed by atoms with van der Waals surface area (Å²) in [6.07, 6.45) is -17.1. The molecule has 0 spiro atoms. The number of carbonyl (C=O) groups excluding carboxylic acids is 2. The van der Waals surface area contributed by atoms with Crippen LogP contribution in [0.25, 0.3) is 0 Å². The summed E-state index contributed by atoms with van der Waals surface area (Å²) in [5.41, 5.74) is -9.27. The van der Waals surface area contributed by atoms with Crippen LogP contribution in [0, 0.1) is 0 Å². The van der Waals surface area contributed by atoms with Gasteiger partial charge in [0, 0.05) is 5.57 Å². The van der Waals surface area contributed by atoms with Crippen LogP contribution in [0.15, 0.2) is 72.8 Å². The molecular formula is C23H15F9O4. The lowest BCUT2D eigenvalue weighted by atomic mass is 9.73. The number of alkyl halides is 9. The smallest absolute Gasteiger partial charge is 0.422 e. The minimum absolute atomic E-state index is 0.0707. The van der Waals surface area contributed by atoms with E-state index in [1.165, 1.54) is 6.92 Å². The van der Waals surface area contributed by atoms with E-state index in [-0.39, 0.29) is 11.3 Å². The van der Waals surface area contributed by atoms with Crippen LogP contribution in [0.3, 0.4) is 0 Å². The number of carbonyl (C=O) groups is 2. The number of esters is 2. The fourth-order valence-corrected chi connectivity index (χ4v) is 3.01. The molecule has 0 amide bonds. The van der Waals surface area contributed by atoms with E-state index in [0.717, 1.165) is 12.1 Å². The summed E-state index contributed by atoms with van der Waals surface area (Å²) in [5.74, 6) is -4.06. The predicted octanol–water partition coefficient (Wildman–Crippen LogP) is 6.60. The molecule has 194 valence electrons. The Morgan fingerprint density at radius 3 is 1.25 bits per heavy atom. The molecule has 0 fully saturated rings. The third-order valence-corrected chi connectivity index (χ3v) is 4.78. The van der Waals surface area contributed by atoms with Gasteiger partial charge in [0.1, 0.15) is 17.1 Å². The first kappa shape index (κ1) is 28.5. The molecule has 0 aliphatic carbocycles. The third kappa shape index (κ3) is 5.55. The maximum absolute atomic E-state index is 14.2. The molecule has 0 atom stereocenters. The maximum Gasteiger partial charge on any atom is 0.422 e. The van der Waals surface area contributed by atoms with Crippen molar-refractivity contribution in [2.24, 2.45) is 0 Å². The first-order chi connectivity index (χ1) is 16.3. The molecule has 4 nitrogen and oxygen atoms in total. The van der Waals surface area contributed by atoms with Gasteiger partial charge in [-0.3, -0.25) is 0 Å². The van der Waals surface area contributed by atoms with Crippen LogP contribution >= 0.6 is 0 Å². The molecule has 0 saturated heterocycles. The maximum atomic E-state index is 14.2. The molecule has 2 rings (SSSR count). The first-order valence-electron chi connectivity index (χ1n) is 9.53. The molecule has 2 aromatic carbocycles. The van der Waals surface area contributed by atoms with Gasteiger partial charge in [0.2, 0.25) is 5.41 Å². The molecule has 0 N–H and O–H groups in total. The SMILES string of the molecule is C=C(C)C(=O)Oc1ccc(C(c2ccc(OC(=O)C(=C)C(F)(F)F)cc2)(C(F)(F)F)C(F)(F)F)cc1. The van der Waals surface area contributed by atoms with E-state index in [9.17, 15) is 49.1 Å². The summed E-state index contributed by atoms with van der Waals surface area (Å²) in [7, 11) is 0. The fraction of sp³-hybridized carbons (Fsp3) is 0.217. The minimum Gasteiger partial charge on any atom is -0.423 e. The molecule has 0 aromatic heterocycles. The number of hydrogen-bond acceptors (Lipinski definition) is 4. The standard InChI is InChI=1S/C23H15F9O4/c1-12(2)18(33)35-16-8-4-14(5-9-16)20(22(27,28)29,23(30,31)32)15-6-10-17(11-7-15)36-19(34)13(3)21(24,25)26/h4-11H,1,3H2,2H3. The zero-order chi connectivity index (χ0) is 27.7. The van der Waals surface area contributed by atoms with Crippen LogP contribution in [0.1, 0.15) is 18.1 Å². The van der Waals surface area contributed by atoms with Crippen molar-refractivity contribution >= 4 is 11.9 Å². The van der Waals surface area contributed by atoms with Gasteiger partial charge < -0.3 is 9.47 Å². The lowest BCUT2D eigenvalue weighted by molar-refractivity contribution is -0.288. The summed E-state index contributed by atoms with van der Waals surface area (Å²) >= 11 is 0. The summed E-state index contributed by atoms with van der Waals surface area (Å²) in [6.45, 7) is 7.05. The Hall–Kier alpha value is -3.77. The number of rotatable bonds is 6. The Morgan fingerprint density at radius 2 is 0.972 bits per heavy atom. The van der Waals surface area contributed by atoms with Gasteiger partial charge in [0.25, 0.3) is 0 Å². The van der Waals surface area contributed by atoms with Crippen LogP contribution in [0.2, 0.25) is 0 Å². The average molecular weight is 526 g/mol. The first-order valence-corrected chi connectivity index (χ1v) is 9.53. The van der Waals surface area contributed by atoms with E-state index < -0.39 is 58.3 Å². The van der Waals surface area contributed by atoms with Crippen molar-refractivity contribution in [3.63, 3.8) is 0 Å². The molecular weight excluding hydrogens is 511 g/mol. The van der Waals surface area contributed by atoms with Crippen molar-refractivity contribution in [2.75, 3.05) is 0 Å². The second-order valence-corrected chi connectivity index (χ2v) is 7.33. The van der Waals surface area contributed by atoms with Crippen molar-refractivity contribution in [2.45, 2.75) is 30.9 Å². The largest absolute Gasteiger partial charge is 0.423 e. The van der Waals surface area contributed by atoms with E-state index in [0.29, 0.717) is 36.4 Å². The third-order valence-electron chi connectivity index (χ3n) is 4.78. The molecule has 0 aliphatic rings. The molecule has 0 radical (unpaired) electrons. The Morgan fingerprint density at radius 1 is 0.639 bits per heavy atom. The molecule has 0 saturated carbocycles. The summed E-state index contributed by atoms with van der Waals surface area (Å²) in [4.78, 5) is 23.0. The van der Waals surface area contributed by atoms with Crippen molar-refractivity contribution in [1.29, 1.82) is 0 Å². The summed E-state index contributed by atoms with van der Waals surface area (Å²) < 4.78 is 132. The highest BCUT2D eigenvalue weighted by Crippen LogP contribution is 2.56. The second-order valence-electron chi connectivity index (χ2n) is 7.33. The Labute approximate surface area is 197 Å². The molecule has 2 aromatic rings. The highest BCUT2D eigenvalue weighted by molar-refractivity contribution is 5.90. The van der Waals surface area contributed by atoms with Crippen molar-refractivity contribution < 1.29 is 58.6 Å². The van der Waals surface area contributed by atoms with Crippen molar-refractivity contribution in [1.82, 2.24) is 0 Å². The molecule has 13 heteroatoms. The Kier molecular flexibility index (Phi) is 7.67. The lowest BCUT2D eigenvalue weighted by Gasteiger charge is -2.38. The summed E-state index contributed by atoms with van der Waals surface area (Å²) in [6, 6.07) is 3.96. The number of ether oxygens (including phenoxy) is 2. The van der Waals surface area contributed by atoms with Gasteiger partial charge in [-0.1, -0.05) is 37.4 Å². The normalized spacial score (nSPS) is 12.6.